The molecule has 2 aliphatic heterocycles. The molecule has 2 aromatic carbocycles. The summed E-state index contributed by atoms with van der Waals surface area (Å²) in [6.07, 6.45) is 3.34. The van der Waals surface area contributed by atoms with Crippen molar-refractivity contribution in [3.63, 3.8) is 0 Å². The maximum absolute atomic E-state index is 12.7. The average Bonchev–Trinajstić information content (AvgIpc) is 3.33. The van der Waals surface area contributed by atoms with E-state index in [-0.39, 0.29) is 18.4 Å². The second-order valence-electron chi connectivity index (χ2n) is 8.39. The predicted molar refractivity (Wildman–Crippen MR) is 120 cm³/mol. The number of benzene rings is 2. The Morgan fingerprint density at radius 3 is 2.42 bits per heavy atom. The van der Waals surface area contributed by atoms with Gasteiger partial charge in [0.2, 0.25) is 5.91 Å². The molecule has 2 aliphatic rings. The van der Waals surface area contributed by atoms with Gasteiger partial charge in [-0.05, 0) is 56.0 Å². The Bertz CT molecular complexity index is 894. The zero-order valence-electron chi connectivity index (χ0n) is 18.1. The number of methoxy groups -OCH3 is 1. The van der Waals surface area contributed by atoms with Gasteiger partial charge >= 0.3 is 0 Å². The van der Waals surface area contributed by atoms with Crippen LogP contribution in [0.1, 0.15) is 41.1 Å². The highest BCUT2D eigenvalue weighted by atomic mass is 16.5. The average molecular weight is 422 g/mol. The molecule has 2 amide bonds. The first-order chi connectivity index (χ1) is 15.2. The van der Waals surface area contributed by atoms with E-state index in [4.69, 9.17) is 4.74 Å². The summed E-state index contributed by atoms with van der Waals surface area (Å²) in [4.78, 5) is 29.5. The number of hydrogen-bond donors (Lipinski definition) is 1. The molecule has 2 saturated heterocycles. The molecule has 0 bridgehead atoms. The number of carbonyl (C=O) groups is 2. The molecule has 6 heteroatoms. The Morgan fingerprint density at radius 2 is 1.68 bits per heavy atom. The molecule has 0 radical (unpaired) electrons. The van der Waals surface area contributed by atoms with Crippen molar-refractivity contribution in [1.29, 1.82) is 0 Å². The molecular weight excluding hydrogens is 390 g/mol. The van der Waals surface area contributed by atoms with Crippen molar-refractivity contribution in [3.8, 4) is 5.75 Å². The minimum atomic E-state index is -0.287. The Kier molecular flexibility index (Phi) is 6.87. The number of carbonyl (C=O) groups excluding carboxylic acids is 2. The molecule has 4 rings (SSSR count). The van der Waals surface area contributed by atoms with E-state index < -0.39 is 0 Å². The molecule has 2 aromatic rings. The van der Waals surface area contributed by atoms with E-state index in [1.807, 2.05) is 11.0 Å². The van der Waals surface area contributed by atoms with Gasteiger partial charge in [-0.2, -0.15) is 0 Å². The van der Waals surface area contributed by atoms with Gasteiger partial charge < -0.3 is 15.0 Å². The lowest BCUT2D eigenvalue weighted by Gasteiger charge is -2.36. The number of likely N-dealkylation sites (tertiary alicyclic amines) is 2. The van der Waals surface area contributed by atoms with Gasteiger partial charge in [0.25, 0.3) is 5.91 Å². The molecule has 1 unspecified atom stereocenters. The smallest absolute Gasteiger partial charge is 0.255 e. The minimum Gasteiger partial charge on any atom is -0.496 e. The minimum absolute atomic E-state index is 0.0136. The van der Waals surface area contributed by atoms with E-state index in [2.05, 4.69) is 40.5 Å². The van der Waals surface area contributed by atoms with Gasteiger partial charge in [0.15, 0.2) is 0 Å². The van der Waals surface area contributed by atoms with Crippen LogP contribution >= 0.6 is 0 Å². The summed E-state index contributed by atoms with van der Waals surface area (Å²) in [6, 6.07) is 18.2. The fourth-order valence-corrected chi connectivity index (χ4v) is 4.78. The molecule has 164 valence electrons. The second-order valence-corrected chi connectivity index (χ2v) is 8.39. The number of rotatable bonds is 6. The van der Waals surface area contributed by atoms with E-state index in [9.17, 15) is 9.59 Å². The first-order valence-electron chi connectivity index (χ1n) is 11.1. The lowest BCUT2D eigenvalue weighted by Crippen LogP contribution is -2.44. The number of nitrogens with zero attached hydrogens (tertiary/aromatic N) is 2. The third kappa shape index (κ3) is 5.07. The maximum atomic E-state index is 12.7. The van der Waals surface area contributed by atoms with Gasteiger partial charge in [0.1, 0.15) is 5.75 Å². The lowest BCUT2D eigenvalue weighted by atomic mass is 9.89. The summed E-state index contributed by atoms with van der Waals surface area (Å²) < 4.78 is 5.23. The van der Waals surface area contributed by atoms with Gasteiger partial charge in [0, 0.05) is 19.1 Å². The molecule has 1 N–H and O–H groups in total. The van der Waals surface area contributed by atoms with Crippen molar-refractivity contribution in [3.05, 3.63) is 65.7 Å². The summed E-state index contributed by atoms with van der Waals surface area (Å²) in [5.41, 5.74) is 1.88. The first kappa shape index (κ1) is 21.4. The van der Waals surface area contributed by atoms with Crippen molar-refractivity contribution in [2.24, 2.45) is 0 Å². The van der Waals surface area contributed by atoms with Crippen molar-refractivity contribution in [1.82, 2.24) is 15.1 Å². The second kappa shape index (κ2) is 9.96. The number of amides is 2. The Labute approximate surface area is 184 Å². The Balaban J connectivity index is 1.23. The first-order valence-corrected chi connectivity index (χ1v) is 11.1. The van der Waals surface area contributed by atoms with Crippen LogP contribution in [-0.2, 0) is 4.79 Å². The van der Waals surface area contributed by atoms with Gasteiger partial charge in [0.05, 0.1) is 19.2 Å². The molecule has 1 atom stereocenters. The lowest BCUT2D eigenvalue weighted by molar-refractivity contribution is -0.129. The molecule has 2 heterocycles. The Hall–Kier alpha value is -2.86. The molecule has 0 saturated carbocycles. The van der Waals surface area contributed by atoms with Crippen molar-refractivity contribution in [2.45, 2.75) is 31.2 Å². The van der Waals surface area contributed by atoms with Crippen molar-refractivity contribution in [2.75, 3.05) is 39.8 Å². The number of hydrogen-bond acceptors (Lipinski definition) is 4. The zero-order chi connectivity index (χ0) is 21.6. The molecule has 6 nitrogen and oxygen atoms in total. The van der Waals surface area contributed by atoms with Crippen LogP contribution in [0.3, 0.4) is 0 Å². The number of nitrogens with one attached hydrogen (secondary N) is 1. The fraction of sp³-hybridized carbons (Fsp3) is 0.440. The summed E-state index contributed by atoms with van der Waals surface area (Å²) in [6.45, 7) is 3.68. The SMILES string of the molecule is COc1ccccc1C(=O)NCC(=O)N1CCC(N2CCC(c3ccccc3)CC2)C1. The van der Waals surface area contributed by atoms with Gasteiger partial charge in [-0.1, -0.05) is 42.5 Å². The van der Waals surface area contributed by atoms with Crippen LogP contribution in [0, 0.1) is 0 Å². The quantitative estimate of drug-likeness (QED) is 0.779. The van der Waals surface area contributed by atoms with Crippen LogP contribution in [0.5, 0.6) is 5.75 Å². The molecular formula is C25H31N3O3. The topological polar surface area (TPSA) is 61.9 Å². The number of para-hydroxylation sites is 1. The Morgan fingerprint density at radius 1 is 0.968 bits per heavy atom. The molecule has 0 aliphatic carbocycles. The summed E-state index contributed by atoms with van der Waals surface area (Å²) in [7, 11) is 1.53. The predicted octanol–water partition coefficient (Wildman–Crippen LogP) is 2.91. The maximum Gasteiger partial charge on any atom is 0.255 e. The normalized spacial score (nSPS) is 19.9. The molecule has 31 heavy (non-hydrogen) atoms. The highest BCUT2D eigenvalue weighted by Crippen LogP contribution is 2.30. The standard InChI is InChI=1S/C25H31N3O3/c1-31-23-10-6-5-9-22(23)25(30)26-17-24(29)28-16-13-21(18-28)27-14-11-20(12-15-27)19-7-3-2-4-8-19/h2-10,20-21H,11-18H2,1H3,(H,26,30). The van der Waals surface area contributed by atoms with E-state index in [0.29, 0.717) is 23.3 Å². The van der Waals surface area contributed by atoms with Crippen LogP contribution in [0.2, 0.25) is 0 Å². The van der Waals surface area contributed by atoms with Gasteiger partial charge in [-0.25, -0.2) is 0 Å². The van der Waals surface area contributed by atoms with E-state index in [0.717, 1.165) is 32.6 Å². The summed E-state index contributed by atoms with van der Waals surface area (Å²) in [5, 5.41) is 2.74. The van der Waals surface area contributed by atoms with Crippen LogP contribution < -0.4 is 10.1 Å². The molecule has 0 spiro atoms. The van der Waals surface area contributed by atoms with Crippen molar-refractivity contribution < 1.29 is 14.3 Å². The van der Waals surface area contributed by atoms with Gasteiger partial charge in [-0.3, -0.25) is 14.5 Å². The number of piperidine rings is 1. The monoisotopic (exact) mass is 421 g/mol. The molecule has 2 fully saturated rings. The highest BCUT2D eigenvalue weighted by Gasteiger charge is 2.32. The largest absolute Gasteiger partial charge is 0.496 e. The van der Waals surface area contributed by atoms with Gasteiger partial charge in [-0.15, -0.1) is 0 Å². The number of ether oxygens (including phenoxy) is 1. The highest BCUT2D eigenvalue weighted by molar-refractivity contribution is 5.98. The molecule has 0 aromatic heterocycles. The van der Waals surface area contributed by atoms with E-state index in [1.165, 1.54) is 25.5 Å². The van der Waals surface area contributed by atoms with Crippen LogP contribution in [-0.4, -0.2) is 67.5 Å². The fourth-order valence-electron chi connectivity index (χ4n) is 4.78. The van der Waals surface area contributed by atoms with Crippen LogP contribution in [0.15, 0.2) is 54.6 Å². The third-order valence-electron chi connectivity index (χ3n) is 6.58. The van der Waals surface area contributed by atoms with Crippen molar-refractivity contribution >= 4 is 11.8 Å². The van der Waals surface area contributed by atoms with Crippen LogP contribution in [0.25, 0.3) is 0 Å². The van der Waals surface area contributed by atoms with E-state index >= 15 is 0 Å². The summed E-state index contributed by atoms with van der Waals surface area (Å²) in [5.74, 6) is 0.837. The third-order valence-corrected chi connectivity index (χ3v) is 6.58. The summed E-state index contributed by atoms with van der Waals surface area (Å²) >= 11 is 0. The van der Waals surface area contributed by atoms with E-state index in [1.54, 1.807) is 18.2 Å². The zero-order valence-corrected chi connectivity index (χ0v) is 18.1. The van der Waals surface area contributed by atoms with Crippen LogP contribution in [0.4, 0.5) is 0 Å².